The van der Waals surface area contributed by atoms with Gasteiger partial charge in [0.2, 0.25) is 0 Å². The first-order valence-corrected chi connectivity index (χ1v) is 11.1. The standard InChI is InChI=1S/C21H21Cl2N3O2S/c1-27-16-7-5-15(6-8-16)20-24-25-21(26(20)12-17-3-2-10-28-17)29-13-14-4-9-18(22)19(23)11-14/h4-9,11,17H,2-3,10,12-13H2,1H3/t17-/m1/s1. The Morgan fingerprint density at radius 1 is 1.14 bits per heavy atom. The van der Waals surface area contributed by atoms with Gasteiger partial charge in [0.05, 0.1) is 29.8 Å². The number of rotatable bonds is 7. The Hall–Kier alpha value is -1.73. The van der Waals surface area contributed by atoms with Crippen molar-refractivity contribution >= 4 is 35.0 Å². The Morgan fingerprint density at radius 2 is 1.97 bits per heavy atom. The van der Waals surface area contributed by atoms with E-state index in [0.29, 0.717) is 10.0 Å². The molecule has 2 aromatic carbocycles. The maximum absolute atomic E-state index is 6.15. The molecule has 1 saturated heterocycles. The minimum atomic E-state index is 0.187. The van der Waals surface area contributed by atoms with E-state index in [1.165, 1.54) is 0 Å². The van der Waals surface area contributed by atoms with Crippen LogP contribution < -0.4 is 4.74 Å². The molecule has 0 N–H and O–H groups in total. The lowest BCUT2D eigenvalue weighted by molar-refractivity contribution is 0.0953. The molecule has 1 aromatic heterocycles. The first-order chi connectivity index (χ1) is 14.1. The Labute approximate surface area is 184 Å². The van der Waals surface area contributed by atoms with E-state index >= 15 is 0 Å². The number of methoxy groups -OCH3 is 1. The number of hydrogen-bond acceptors (Lipinski definition) is 5. The second kappa shape index (κ2) is 9.39. The lowest BCUT2D eigenvalue weighted by atomic mass is 10.2. The van der Waals surface area contributed by atoms with Crippen LogP contribution in [0.5, 0.6) is 5.75 Å². The molecule has 0 radical (unpaired) electrons. The maximum Gasteiger partial charge on any atom is 0.191 e. The summed E-state index contributed by atoms with van der Waals surface area (Å²) in [6.45, 7) is 1.55. The smallest absolute Gasteiger partial charge is 0.191 e. The average Bonchev–Trinajstić information content (AvgIpc) is 3.39. The highest BCUT2D eigenvalue weighted by Crippen LogP contribution is 2.31. The van der Waals surface area contributed by atoms with Crippen LogP contribution in [-0.4, -0.2) is 34.6 Å². The third kappa shape index (κ3) is 4.89. The van der Waals surface area contributed by atoms with Crippen molar-refractivity contribution in [3.05, 3.63) is 58.1 Å². The fraction of sp³-hybridized carbons (Fsp3) is 0.333. The summed E-state index contributed by atoms with van der Waals surface area (Å²) in [6.07, 6.45) is 2.33. The molecule has 152 valence electrons. The van der Waals surface area contributed by atoms with Crippen molar-refractivity contribution in [3.63, 3.8) is 0 Å². The number of halogens is 2. The van der Waals surface area contributed by atoms with E-state index in [9.17, 15) is 0 Å². The minimum absolute atomic E-state index is 0.187. The molecule has 5 nitrogen and oxygen atoms in total. The zero-order valence-electron chi connectivity index (χ0n) is 16.0. The van der Waals surface area contributed by atoms with E-state index in [-0.39, 0.29) is 6.10 Å². The third-order valence-corrected chi connectivity index (χ3v) is 6.60. The molecule has 0 aliphatic carbocycles. The molecule has 1 aliphatic heterocycles. The average molecular weight is 450 g/mol. The summed E-state index contributed by atoms with van der Waals surface area (Å²) in [5.74, 6) is 2.37. The van der Waals surface area contributed by atoms with Crippen LogP contribution in [-0.2, 0) is 17.0 Å². The molecule has 4 rings (SSSR count). The van der Waals surface area contributed by atoms with Gasteiger partial charge in [0, 0.05) is 17.9 Å². The van der Waals surface area contributed by atoms with E-state index in [1.807, 2.05) is 42.5 Å². The highest BCUT2D eigenvalue weighted by atomic mass is 35.5. The number of ether oxygens (including phenoxy) is 2. The quantitative estimate of drug-likeness (QED) is 0.430. The molecule has 3 aromatic rings. The van der Waals surface area contributed by atoms with E-state index in [2.05, 4.69) is 14.8 Å². The van der Waals surface area contributed by atoms with Gasteiger partial charge in [-0.15, -0.1) is 10.2 Å². The summed E-state index contributed by atoms with van der Waals surface area (Å²) >= 11 is 13.8. The molecule has 0 amide bonds. The van der Waals surface area contributed by atoms with Gasteiger partial charge in [-0.1, -0.05) is 41.0 Å². The summed E-state index contributed by atoms with van der Waals surface area (Å²) in [6, 6.07) is 13.6. The molecule has 1 aliphatic rings. The zero-order chi connectivity index (χ0) is 20.2. The number of nitrogens with zero attached hydrogens (tertiary/aromatic N) is 3. The summed E-state index contributed by atoms with van der Waals surface area (Å²) in [5, 5.41) is 10.9. The maximum atomic E-state index is 6.15. The highest BCUT2D eigenvalue weighted by molar-refractivity contribution is 7.98. The number of benzene rings is 2. The molecule has 29 heavy (non-hydrogen) atoms. The Kier molecular flexibility index (Phi) is 6.65. The van der Waals surface area contributed by atoms with Crippen molar-refractivity contribution in [2.75, 3.05) is 13.7 Å². The molecular weight excluding hydrogens is 429 g/mol. The lowest BCUT2D eigenvalue weighted by Crippen LogP contribution is -2.16. The molecule has 0 spiro atoms. The normalized spacial score (nSPS) is 16.3. The second-order valence-corrected chi connectivity index (χ2v) is 8.57. The van der Waals surface area contributed by atoms with Gasteiger partial charge in [-0.2, -0.15) is 0 Å². The number of thioether (sulfide) groups is 1. The van der Waals surface area contributed by atoms with Gasteiger partial charge in [0.25, 0.3) is 0 Å². The van der Waals surface area contributed by atoms with E-state index < -0.39 is 0 Å². The summed E-state index contributed by atoms with van der Waals surface area (Å²) in [7, 11) is 1.66. The van der Waals surface area contributed by atoms with Crippen LogP contribution in [0.1, 0.15) is 18.4 Å². The molecule has 2 heterocycles. The van der Waals surface area contributed by atoms with Crippen LogP contribution in [0, 0.1) is 0 Å². The molecule has 1 fully saturated rings. The third-order valence-electron chi connectivity index (χ3n) is 4.83. The summed E-state index contributed by atoms with van der Waals surface area (Å²) in [5.41, 5.74) is 2.08. The van der Waals surface area contributed by atoms with Gasteiger partial charge in [0.1, 0.15) is 5.75 Å². The van der Waals surface area contributed by atoms with Gasteiger partial charge in [0.15, 0.2) is 11.0 Å². The van der Waals surface area contributed by atoms with Crippen molar-refractivity contribution in [2.24, 2.45) is 0 Å². The largest absolute Gasteiger partial charge is 0.497 e. The number of hydrogen-bond donors (Lipinski definition) is 0. The zero-order valence-corrected chi connectivity index (χ0v) is 18.3. The van der Waals surface area contributed by atoms with Gasteiger partial charge < -0.3 is 9.47 Å². The van der Waals surface area contributed by atoms with Gasteiger partial charge in [-0.05, 0) is 54.8 Å². The Balaban J connectivity index is 1.59. The second-order valence-electron chi connectivity index (χ2n) is 6.82. The first-order valence-electron chi connectivity index (χ1n) is 9.40. The molecule has 1 atom stereocenters. The molecule has 8 heteroatoms. The van der Waals surface area contributed by atoms with Crippen LogP contribution in [0.2, 0.25) is 10.0 Å². The van der Waals surface area contributed by atoms with E-state index in [1.54, 1.807) is 18.9 Å². The summed E-state index contributed by atoms with van der Waals surface area (Å²) in [4.78, 5) is 0. The van der Waals surface area contributed by atoms with Gasteiger partial charge >= 0.3 is 0 Å². The van der Waals surface area contributed by atoms with Gasteiger partial charge in [-0.3, -0.25) is 4.57 Å². The van der Waals surface area contributed by atoms with E-state index in [0.717, 1.165) is 59.6 Å². The first kappa shape index (κ1) is 20.5. The SMILES string of the molecule is COc1ccc(-c2nnc(SCc3ccc(Cl)c(Cl)c3)n2C[C@H]2CCCO2)cc1. The highest BCUT2D eigenvalue weighted by Gasteiger charge is 2.22. The van der Waals surface area contributed by atoms with Crippen LogP contribution in [0.3, 0.4) is 0 Å². The monoisotopic (exact) mass is 449 g/mol. The Morgan fingerprint density at radius 3 is 2.66 bits per heavy atom. The fourth-order valence-electron chi connectivity index (χ4n) is 3.28. The number of aromatic nitrogens is 3. The van der Waals surface area contributed by atoms with Gasteiger partial charge in [-0.25, -0.2) is 0 Å². The van der Waals surface area contributed by atoms with Crippen molar-refractivity contribution in [1.82, 2.24) is 14.8 Å². The van der Waals surface area contributed by atoms with Crippen molar-refractivity contribution < 1.29 is 9.47 Å². The van der Waals surface area contributed by atoms with Crippen molar-refractivity contribution in [2.45, 2.75) is 36.4 Å². The minimum Gasteiger partial charge on any atom is -0.497 e. The van der Waals surface area contributed by atoms with Crippen LogP contribution in [0.25, 0.3) is 11.4 Å². The van der Waals surface area contributed by atoms with Crippen LogP contribution in [0.4, 0.5) is 0 Å². The summed E-state index contributed by atoms with van der Waals surface area (Å²) < 4.78 is 13.3. The van der Waals surface area contributed by atoms with Crippen LogP contribution in [0.15, 0.2) is 47.6 Å². The molecule has 0 saturated carbocycles. The predicted molar refractivity (Wildman–Crippen MR) is 117 cm³/mol. The van der Waals surface area contributed by atoms with Crippen molar-refractivity contribution in [3.8, 4) is 17.1 Å². The predicted octanol–water partition coefficient (Wildman–Crippen LogP) is 5.73. The topological polar surface area (TPSA) is 49.2 Å². The van der Waals surface area contributed by atoms with E-state index in [4.69, 9.17) is 32.7 Å². The fourth-order valence-corrected chi connectivity index (χ4v) is 4.49. The Bertz CT molecular complexity index is 973. The lowest BCUT2D eigenvalue weighted by Gasteiger charge is -2.15. The molecule has 0 bridgehead atoms. The van der Waals surface area contributed by atoms with Crippen molar-refractivity contribution in [1.29, 1.82) is 0 Å². The molecule has 0 unspecified atom stereocenters. The molecular formula is C21H21Cl2N3O2S. The van der Waals surface area contributed by atoms with Crippen LogP contribution >= 0.6 is 35.0 Å².